The van der Waals surface area contributed by atoms with Crippen LogP contribution in [0.3, 0.4) is 0 Å². The number of aliphatic hydroxyl groups is 1. The molecule has 0 spiro atoms. The van der Waals surface area contributed by atoms with Gasteiger partial charge in [0.15, 0.2) is 0 Å². The zero-order valence-electron chi connectivity index (χ0n) is 21.4. The molecular weight excluding hydrogens is 567 g/mol. The minimum atomic E-state index is -4.87. The van der Waals surface area contributed by atoms with E-state index in [4.69, 9.17) is 0 Å². The first-order valence-corrected chi connectivity index (χ1v) is 15.5. The second-order valence-corrected chi connectivity index (χ2v) is 13.6. The normalized spacial score (nSPS) is 24.2. The summed E-state index contributed by atoms with van der Waals surface area (Å²) < 4.78 is 91.4. The van der Waals surface area contributed by atoms with Crippen LogP contribution in [-0.2, 0) is 26.5 Å². The van der Waals surface area contributed by atoms with E-state index in [2.05, 4.69) is 13.8 Å². The van der Waals surface area contributed by atoms with Gasteiger partial charge in [-0.3, -0.25) is 0 Å². The molecule has 0 aromatic heterocycles. The highest BCUT2D eigenvalue weighted by molar-refractivity contribution is 7.91. The standard InChI is InChI=1S/C27H28F3N3O5S2/c1-31-39(35,20-15-13-19(14-16-20)38-27(28,29)30)32-23-10-6-11-24(26(23)34)33-17-18-7-2-3-8-21(18)22-9-4-5-12-25(22)40(33,36)37/h2-5,7-9,12-16,23-24,26,34H,6,10-11,17H2,1H3,(H,31,32,35). The van der Waals surface area contributed by atoms with E-state index in [9.17, 15) is 30.9 Å². The average molecular weight is 596 g/mol. The highest BCUT2D eigenvalue weighted by Crippen LogP contribution is 2.39. The second-order valence-electron chi connectivity index (χ2n) is 9.64. The number of hydrogen-bond donors (Lipinski definition) is 2. The van der Waals surface area contributed by atoms with Crippen LogP contribution in [0.4, 0.5) is 13.2 Å². The summed E-state index contributed by atoms with van der Waals surface area (Å²) in [5, 5.41) is 11.5. The van der Waals surface area contributed by atoms with Gasteiger partial charge in [0.05, 0.1) is 21.9 Å². The molecule has 4 atom stereocenters. The fraction of sp³-hybridized carbons (Fsp3) is 0.333. The summed E-state index contributed by atoms with van der Waals surface area (Å²) >= 11 is 0. The molecule has 3 aromatic rings. The molecule has 5 rings (SSSR count). The molecule has 0 saturated heterocycles. The van der Waals surface area contributed by atoms with Crippen molar-refractivity contribution in [3.8, 4) is 16.9 Å². The van der Waals surface area contributed by atoms with Crippen LogP contribution in [0.25, 0.3) is 11.1 Å². The molecule has 1 aliphatic carbocycles. The van der Waals surface area contributed by atoms with E-state index < -0.39 is 50.2 Å². The third-order valence-corrected chi connectivity index (χ3v) is 11.2. The molecule has 0 bridgehead atoms. The van der Waals surface area contributed by atoms with Crippen LogP contribution in [0.5, 0.6) is 5.75 Å². The van der Waals surface area contributed by atoms with Crippen molar-refractivity contribution in [1.29, 1.82) is 0 Å². The van der Waals surface area contributed by atoms with Gasteiger partial charge in [-0.2, -0.15) is 4.31 Å². The van der Waals surface area contributed by atoms with Gasteiger partial charge in [0.2, 0.25) is 10.0 Å². The summed E-state index contributed by atoms with van der Waals surface area (Å²) in [6.07, 6.45) is -4.80. The van der Waals surface area contributed by atoms with Crippen molar-refractivity contribution in [3.63, 3.8) is 0 Å². The highest BCUT2D eigenvalue weighted by Gasteiger charge is 2.44. The number of nitrogens with one attached hydrogen (secondary N) is 1. The molecular formula is C27H28F3N3O5S2. The first-order valence-electron chi connectivity index (χ1n) is 12.6. The Hall–Kier alpha value is -2.97. The van der Waals surface area contributed by atoms with Crippen molar-refractivity contribution in [3.05, 3.63) is 78.4 Å². The van der Waals surface area contributed by atoms with Crippen LogP contribution in [0, 0.1) is 0 Å². The van der Waals surface area contributed by atoms with E-state index in [-0.39, 0.29) is 16.3 Å². The van der Waals surface area contributed by atoms with E-state index in [1.807, 2.05) is 24.3 Å². The molecule has 1 aliphatic heterocycles. The summed E-state index contributed by atoms with van der Waals surface area (Å²) in [5.74, 6) is -0.473. The molecule has 0 amide bonds. The molecule has 2 aliphatic rings. The van der Waals surface area contributed by atoms with E-state index >= 15 is 0 Å². The van der Waals surface area contributed by atoms with Gasteiger partial charge >= 0.3 is 6.36 Å². The number of ether oxygens (including phenoxy) is 1. The van der Waals surface area contributed by atoms with Gasteiger partial charge in [0, 0.05) is 25.2 Å². The lowest BCUT2D eigenvalue weighted by Crippen LogP contribution is -2.57. The Bertz CT molecular complexity index is 1620. The van der Waals surface area contributed by atoms with Crippen molar-refractivity contribution in [2.75, 3.05) is 7.05 Å². The Morgan fingerprint density at radius 1 is 1.00 bits per heavy atom. The van der Waals surface area contributed by atoms with Gasteiger partial charge in [-0.25, -0.2) is 21.7 Å². The lowest BCUT2D eigenvalue weighted by atomic mass is 9.88. The highest BCUT2D eigenvalue weighted by atomic mass is 32.2. The Labute approximate surface area is 231 Å². The third-order valence-electron chi connectivity index (χ3n) is 7.24. The van der Waals surface area contributed by atoms with Crippen molar-refractivity contribution < 1.29 is 35.6 Å². The maximum absolute atomic E-state index is 14.0. The Kier molecular flexibility index (Phi) is 7.70. The fourth-order valence-electron chi connectivity index (χ4n) is 5.37. The molecule has 3 aromatic carbocycles. The van der Waals surface area contributed by atoms with Gasteiger partial charge < -0.3 is 9.84 Å². The minimum absolute atomic E-state index is 0.0514. The topological polar surface area (TPSA) is 108 Å². The molecule has 1 fully saturated rings. The van der Waals surface area contributed by atoms with E-state index in [1.165, 1.54) is 23.5 Å². The van der Waals surface area contributed by atoms with Crippen molar-refractivity contribution in [2.24, 2.45) is 4.36 Å². The van der Waals surface area contributed by atoms with Crippen molar-refractivity contribution in [1.82, 2.24) is 9.03 Å². The van der Waals surface area contributed by atoms with Crippen molar-refractivity contribution >= 4 is 19.9 Å². The SMILES string of the molecule is CN=S(=O)(NC1CCCC(N2Cc3ccccc3-c3ccccc3S2(=O)=O)C1O)c1ccc(OC(F)(F)F)cc1. The molecule has 8 nitrogen and oxygen atoms in total. The van der Waals surface area contributed by atoms with Gasteiger partial charge in [-0.05, 0) is 54.3 Å². The molecule has 214 valence electrons. The van der Waals surface area contributed by atoms with Crippen molar-refractivity contribution in [2.45, 2.75) is 60.1 Å². The Morgan fingerprint density at radius 3 is 2.33 bits per heavy atom. The number of rotatable bonds is 5. The quantitative estimate of drug-likeness (QED) is 0.445. The maximum Gasteiger partial charge on any atom is 0.573 e. The fourth-order valence-corrected chi connectivity index (χ4v) is 8.85. The number of nitrogens with zero attached hydrogens (tertiary/aromatic N) is 2. The predicted molar refractivity (Wildman–Crippen MR) is 143 cm³/mol. The average Bonchev–Trinajstić information content (AvgIpc) is 3.02. The number of aliphatic hydroxyl groups excluding tert-OH is 1. The summed E-state index contributed by atoms with van der Waals surface area (Å²) in [6.45, 7) is 0.0514. The monoisotopic (exact) mass is 595 g/mol. The minimum Gasteiger partial charge on any atom is -0.406 e. The number of benzene rings is 3. The first kappa shape index (κ1) is 28.6. The van der Waals surface area contributed by atoms with E-state index in [0.29, 0.717) is 24.8 Å². The largest absolute Gasteiger partial charge is 0.573 e. The van der Waals surface area contributed by atoms with Crippen LogP contribution in [0.15, 0.2) is 87.0 Å². The number of alkyl halides is 3. The molecule has 13 heteroatoms. The number of fused-ring (bicyclic) bond motifs is 3. The smallest absolute Gasteiger partial charge is 0.406 e. The Morgan fingerprint density at radius 2 is 1.65 bits per heavy atom. The van der Waals surface area contributed by atoms with Crippen LogP contribution in [0.2, 0.25) is 0 Å². The van der Waals surface area contributed by atoms with E-state index in [1.54, 1.807) is 24.3 Å². The van der Waals surface area contributed by atoms with Crippen LogP contribution >= 0.6 is 0 Å². The predicted octanol–water partition coefficient (Wildman–Crippen LogP) is 4.70. The number of hydrogen-bond acceptors (Lipinski definition) is 6. The van der Waals surface area contributed by atoms with Crippen LogP contribution < -0.4 is 9.46 Å². The Balaban J connectivity index is 1.44. The summed E-state index contributed by atoms with van der Waals surface area (Å²) in [4.78, 5) is 0.250. The van der Waals surface area contributed by atoms with Gasteiger partial charge in [0.25, 0.3) is 0 Å². The van der Waals surface area contributed by atoms with Gasteiger partial charge in [-0.15, -0.1) is 13.2 Å². The summed E-state index contributed by atoms with van der Waals surface area (Å²) in [5.41, 5.74) is 2.19. The number of halogens is 3. The lowest BCUT2D eigenvalue weighted by Gasteiger charge is -2.41. The van der Waals surface area contributed by atoms with Crippen LogP contribution in [-0.4, -0.2) is 53.6 Å². The third kappa shape index (κ3) is 5.48. The molecule has 2 N–H and O–H groups in total. The molecule has 4 unspecified atom stereocenters. The maximum atomic E-state index is 14.0. The zero-order chi connectivity index (χ0) is 28.7. The summed E-state index contributed by atoms with van der Waals surface area (Å²) in [7, 11) is -6.09. The van der Waals surface area contributed by atoms with Gasteiger partial charge in [-0.1, -0.05) is 48.9 Å². The second kappa shape index (κ2) is 10.8. The van der Waals surface area contributed by atoms with Gasteiger partial charge in [0.1, 0.15) is 15.7 Å². The first-order chi connectivity index (χ1) is 18.9. The lowest BCUT2D eigenvalue weighted by molar-refractivity contribution is -0.274. The molecule has 0 radical (unpaired) electrons. The molecule has 40 heavy (non-hydrogen) atoms. The van der Waals surface area contributed by atoms with E-state index in [0.717, 1.165) is 23.3 Å². The van der Waals surface area contributed by atoms with Crippen LogP contribution in [0.1, 0.15) is 24.8 Å². The zero-order valence-corrected chi connectivity index (χ0v) is 23.0. The molecule has 1 saturated carbocycles. The summed E-state index contributed by atoms with van der Waals surface area (Å²) in [6, 6.07) is 17.0. The number of sulfonamides is 1. The molecule has 1 heterocycles.